The Kier molecular flexibility index (Phi) is 5.91. The zero-order valence-electron chi connectivity index (χ0n) is 10.7. The van der Waals surface area contributed by atoms with Crippen molar-refractivity contribution in [3.63, 3.8) is 0 Å². The summed E-state index contributed by atoms with van der Waals surface area (Å²) in [6.07, 6.45) is -4.98. The van der Waals surface area contributed by atoms with E-state index in [0.29, 0.717) is 5.69 Å². The zero-order chi connectivity index (χ0) is 14.4. The van der Waals surface area contributed by atoms with Crippen LogP contribution in [0.3, 0.4) is 0 Å². The number of rotatable bonds is 7. The number of Topliss-reactive ketones (excluding diaryl/α,β-unsaturated/α-hetero) is 1. The second-order valence-corrected chi connectivity index (χ2v) is 4.37. The topological polar surface area (TPSA) is 110 Å². The van der Waals surface area contributed by atoms with Gasteiger partial charge in [0.25, 0.3) is 0 Å². The minimum absolute atomic E-state index is 0.181. The predicted molar refractivity (Wildman–Crippen MR) is 69.8 cm³/mol. The van der Waals surface area contributed by atoms with Crippen molar-refractivity contribution in [3.05, 3.63) is 29.8 Å². The monoisotopic (exact) mass is 269 g/mol. The third-order valence-corrected chi connectivity index (χ3v) is 2.75. The van der Waals surface area contributed by atoms with E-state index in [0.717, 1.165) is 5.56 Å². The molecular weight excluding hydrogens is 250 g/mol. The minimum atomic E-state index is -1.74. The maximum absolute atomic E-state index is 11.6. The van der Waals surface area contributed by atoms with Gasteiger partial charge >= 0.3 is 0 Å². The van der Waals surface area contributed by atoms with Gasteiger partial charge in [0.15, 0.2) is 5.78 Å². The van der Waals surface area contributed by atoms with Crippen LogP contribution >= 0.6 is 0 Å². The molecule has 1 aromatic carbocycles. The number of anilines is 1. The van der Waals surface area contributed by atoms with Crippen LogP contribution in [0.2, 0.25) is 0 Å². The Hall–Kier alpha value is -1.47. The summed E-state index contributed by atoms with van der Waals surface area (Å²) in [7, 11) is 0. The predicted octanol–water partition coefficient (Wildman–Crippen LogP) is -0.949. The molecule has 0 saturated carbocycles. The van der Waals surface area contributed by atoms with E-state index < -0.39 is 30.7 Å². The van der Waals surface area contributed by atoms with Crippen LogP contribution in [0, 0.1) is 6.92 Å². The average Bonchev–Trinajstić information content (AvgIpc) is 2.43. The van der Waals surface area contributed by atoms with Crippen molar-refractivity contribution >= 4 is 11.5 Å². The highest BCUT2D eigenvalue weighted by atomic mass is 16.4. The molecule has 6 heteroatoms. The fourth-order valence-electron chi connectivity index (χ4n) is 1.47. The molecule has 0 saturated heterocycles. The summed E-state index contributed by atoms with van der Waals surface area (Å²) in [5, 5.41) is 39.4. The molecule has 0 aliphatic heterocycles. The highest BCUT2D eigenvalue weighted by Crippen LogP contribution is 2.09. The number of hydrogen-bond acceptors (Lipinski definition) is 6. The molecule has 0 amide bonds. The molecule has 19 heavy (non-hydrogen) atoms. The first-order chi connectivity index (χ1) is 8.95. The van der Waals surface area contributed by atoms with Crippen LogP contribution in [0.4, 0.5) is 5.69 Å². The van der Waals surface area contributed by atoms with Gasteiger partial charge < -0.3 is 25.7 Å². The Labute approximate surface area is 111 Å². The van der Waals surface area contributed by atoms with Gasteiger partial charge in [-0.25, -0.2) is 0 Å². The lowest BCUT2D eigenvalue weighted by Gasteiger charge is -2.20. The fourth-order valence-corrected chi connectivity index (χ4v) is 1.47. The number of ketones is 1. The number of carbonyl (C=O) groups is 1. The van der Waals surface area contributed by atoms with Crippen LogP contribution in [-0.4, -0.2) is 57.7 Å². The summed E-state index contributed by atoms with van der Waals surface area (Å²) in [5.41, 5.74) is 1.79. The van der Waals surface area contributed by atoms with Crippen molar-refractivity contribution < 1.29 is 25.2 Å². The summed E-state index contributed by atoms with van der Waals surface area (Å²) < 4.78 is 0. The molecule has 0 spiro atoms. The first-order valence-electron chi connectivity index (χ1n) is 5.94. The third kappa shape index (κ3) is 4.60. The number of benzene rings is 1. The molecular formula is C13H19NO5. The minimum Gasteiger partial charge on any atom is -0.394 e. The quantitative estimate of drug-likeness (QED) is 0.436. The number of aryl methyl sites for hydroxylation is 1. The average molecular weight is 269 g/mol. The lowest BCUT2D eigenvalue weighted by molar-refractivity contribution is -0.138. The van der Waals surface area contributed by atoms with E-state index in [1.807, 2.05) is 19.1 Å². The molecule has 3 atom stereocenters. The Morgan fingerprint density at radius 1 is 1.21 bits per heavy atom. The van der Waals surface area contributed by atoms with Gasteiger partial charge in [-0.2, -0.15) is 0 Å². The first-order valence-corrected chi connectivity index (χ1v) is 5.94. The molecule has 0 radical (unpaired) electrons. The summed E-state index contributed by atoms with van der Waals surface area (Å²) in [5.74, 6) is -0.666. The van der Waals surface area contributed by atoms with Crippen LogP contribution in [0.5, 0.6) is 0 Å². The fraction of sp³-hybridized carbons (Fsp3) is 0.462. The highest BCUT2D eigenvalue weighted by molar-refractivity contribution is 5.87. The van der Waals surface area contributed by atoms with Gasteiger partial charge in [0.05, 0.1) is 13.2 Å². The summed E-state index contributed by atoms with van der Waals surface area (Å²) in [6, 6.07) is 7.31. The molecule has 0 fully saturated rings. The Morgan fingerprint density at radius 3 is 2.32 bits per heavy atom. The van der Waals surface area contributed by atoms with Gasteiger partial charge in [0, 0.05) is 5.69 Å². The van der Waals surface area contributed by atoms with E-state index in [9.17, 15) is 15.0 Å². The van der Waals surface area contributed by atoms with Crippen molar-refractivity contribution in [1.82, 2.24) is 0 Å². The number of aliphatic hydroxyl groups excluding tert-OH is 4. The van der Waals surface area contributed by atoms with Crippen LogP contribution in [-0.2, 0) is 4.79 Å². The maximum Gasteiger partial charge on any atom is 0.182 e. The largest absolute Gasteiger partial charge is 0.394 e. The molecule has 0 aliphatic carbocycles. The lowest BCUT2D eigenvalue weighted by Crippen LogP contribution is -2.45. The smallest absolute Gasteiger partial charge is 0.182 e. The number of nitrogens with one attached hydrogen (secondary N) is 1. The number of carbonyl (C=O) groups excluding carboxylic acids is 1. The first kappa shape index (κ1) is 15.6. The van der Waals surface area contributed by atoms with Crippen LogP contribution < -0.4 is 5.32 Å². The summed E-state index contributed by atoms with van der Waals surface area (Å²) >= 11 is 0. The Balaban J connectivity index is 2.48. The van der Waals surface area contributed by atoms with Gasteiger partial charge in [-0.3, -0.25) is 4.79 Å². The molecule has 5 N–H and O–H groups in total. The molecule has 0 heterocycles. The van der Waals surface area contributed by atoms with E-state index in [-0.39, 0.29) is 6.54 Å². The normalized spacial score (nSPS) is 15.6. The molecule has 0 bridgehead atoms. The van der Waals surface area contributed by atoms with Crippen LogP contribution in [0.15, 0.2) is 24.3 Å². The van der Waals surface area contributed by atoms with Crippen LogP contribution in [0.25, 0.3) is 0 Å². The van der Waals surface area contributed by atoms with Crippen molar-refractivity contribution in [2.24, 2.45) is 0 Å². The molecule has 0 aromatic heterocycles. The van der Waals surface area contributed by atoms with Gasteiger partial charge in [-0.1, -0.05) is 17.7 Å². The van der Waals surface area contributed by atoms with Crippen molar-refractivity contribution in [1.29, 1.82) is 0 Å². The van der Waals surface area contributed by atoms with Gasteiger partial charge in [0.1, 0.15) is 18.3 Å². The van der Waals surface area contributed by atoms with Gasteiger partial charge in [0.2, 0.25) is 0 Å². The second-order valence-electron chi connectivity index (χ2n) is 4.37. The van der Waals surface area contributed by atoms with E-state index in [1.165, 1.54) is 0 Å². The zero-order valence-corrected chi connectivity index (χ0v) is 10.7. The van der Waals surface area contributed by atoms with E-state index >= 15 is 0 Å². The lowest BCUT2D eigenvalue weighted by atomic mass is 10.0. The number of aliphatic hydroxyl groups is 4. The second kappa shape index (κ2) is 7.20. The summed E-state index contributed by atoms with van der Waals surface area (Å²) in [4.78, 5) is 11.6. The molecule has 106 valence electrons. The van der Waals surface area contributed by atoms with Gasteiger partial charge in [-0.15, -0.1) is 0 Å². The van der Waals surface area contributed by atoms with Gasteiger partial charge in [-0.05, 0) is 19.1 Å². The SMILES string of the molecule is Cc1ccc(NCC(=O)[C@H](O)[C@H](O)[C@@H](O)CO)cc1. The third-order valence-electron chi connectivity index (χ3n) is 2.75. The van der Waals surface area contributed by atoms with Crippen LogP contribution in [0.1, 0.15) is 5.56 Å². The standard InChI is InChI=1S/C13H19NO5/c1-8-2-4-9(5-3-8)14-6-10(16)12(18)13(19)11(17)7-15/h2-5,11-15,17-19H,6-7H2,1H3/t11-,12-,13+/m0/s1. The molecule has 1 aromatic rings. The maximum atomic E-state index is 11.6. The molecule has 6 nitrogen and oxygen atoms in total. The van der Waals surface area contributed by atoms with E-state index in [2.05, 4.69) is 5.32 Å². The van der Waals surface area contributed by atoms with Crippen molar-refractivity contribution in [2.45, 2.75) is 25.2 Å². The van der Waals surface area contributed by atoms with E-state index in [4.69, 9.17) is 10.2 Å². The van der Waals surface area contributed by atoms with Crippen molar-refractivity contribution in [3.8, 4) is 0 Å². The highest BCUT2D eigenvalue weighted by Gasteiger charge is 2.29. The molecule has 0 aliphatic rings. The Bertz CT molecular complexity index is 406. The summed E-state index contributed by atoms with van der Waals surface area (Å²) in [6.45, 7) is 1.03. The Morgan fingerprint density at radius 2 is 1.79 bits per heavy atom. The van der Waals surface area contributed by atoms with Crippen molar-refractivity contribution in [2.75, 3.05) is 18.5 Å². The molecule has 1 rings (SSSR count). The van der Waals surface area contributed by atoms with E-state index in [1.54, 1.807) is 12.1 Å². The number of hydrogen-bond donors (Lipinski definition) is 5. The molecule has 0 unspecified atom stereocenters.